The molecule has 0 bridgehead atoms. The number of nitrogens with zero attached hydrogens (tertiary/aromatic N) is 2. The first-order chi connectivity index (χ1) is 9.90. The lowest BCUT2D eigenvalue weighted by atomic mass is 10.1. The third-order valence-electron chi connectivity index (χ3n) is 3.29. The van der Waals surface area contributed by atoms with Crippen molar-refractivity contribution in [2.24, 2.45) is 0 Å². The minimum Gasteiger partial charge on any atom is -0.397 e. The van der Waals surface area contributed by atoms with Gasteiger partial charge in [0.1, 0.15) is 0 Å². The average Bonchev–Trinajstić information content (AvgIpc) is 2.65. The minimum absolute atomic E-state index is 0.00618. The summed E-state index contributed by atoms with van der Waals surface area (Å²) in [6, 6.07) is 2.31. The van der Waals surface area contributed by atoms with Gasteiger partial charge >= 0.3 is 0 Å². The molecule has 0 saturated carbocycles. The molecule has 0 radical (unpaired) electrons. The molecular weight excluding hydrogens is 298 g/mol. The molecule has 114 valence electrons. The minimum atomic E-state index is -0.601. The number of hydrogen-bond acceptors (Lipinski definition) is 5. The van der Waals surface area contributed by atoms with Crippen LogP contribution in [0.4, 0.5) is 11.4 Å². The highest BCUT2D eigenvalue weighted by Gasteiger charge is 2.25. The quantitative estimate of drug-likeness (QED) is 0.512. The van der Waals surface area contributed by atoms with Gasteiger partial charge in [-0.05, 0) is 13.3 Å². The van der Waals surface area contributed by atoms with Crippen LogP contribution in [0.1, 0.15) is 23.7 Å². The number of nitrogen functional groups attached to an aromatic ring is 1. The van der Waals surface area contributed by atoms with Gasteiger partial charge < -0.3 is 15.4 Å². The molecule has 8 heteroatoms. The van der Waals surface area contributed by atoms with Crippen LogP contribution in [-0.4, -0.2) is 41.5 Å². The molecule has 2 N–H and O–H groups in total. The summed E-state index contributed by atoms with van der Waals surface area (Å²) in [5.41, 5.74) is 5.67. The van der Waals surface area contributed by atoms with Gasteiger partial charge in [0.2, 0.25) is 0 Å². The molecule has 1 heterocycles. The van der Waals surface area contributed by atoms with Crippen molar-refractivity contribution in [3.63, 3.8) is 0 Å². The van der Waals surface area contributed by atoms with Crippen LogP contribution in [0.3, 0.4) is 0 Å². The summed E-state index contributed by atoms with van der Waals surface area (Å²) in [7, 11) is 0. The van der Waals surface area contributed by atoms with Crippen LogP contribution in [0.5, 0.6) is 0 Å². The van der Waals surface area contributed by atoms with Crippen molar-refractivity contribution in [3.8, 4) is 0 Å². The van der Waals surface area contributed by atoms with E-state index in [9.17, 15) is 14.9 Å². The second-order valence-corrected chi connectivity index (χ2v) is 5.34. The van der Waals surface area contributed by atoms with Gasteiger partial charge in [-0.1, -0.05) is 11.6 Å². The van der Waals surface area contributed by atoms with E-state index in [0.29, 0.717) is 26.1 Å². The normalized spacial score (nSPS) is 19.1. The Hall–Kier alpha value is -1.86. The first-order valence-electron chi connectivity index (χ1n) is 6.54. The fraction of sp³-hybridized carbons (Fsp3) is 0.462. The van der Waals surface area contributed by atoms with Gasteiger partial charge in [0.15, 0.2) is 0 Å². The van der Waals surface area contributed by atoms with Crippen LogP contribution in [0, 0.1) is 10.1 Å². The Kier molecular flexibility index (Phi) is 4.64. The first-order valence-corrected chi connectivity index (χ1v) is 6.92. The van der Waals surface area contributed by atoms with E-state index in [4.69, 9.17) is 22.1 Å². The van der Waals surface area contributed by atoms with Gasteiger partial charge in [-0.25, -0.2) is 0 Å². The van der Waals surface area contributed by atoms with E-state index in [1.807, 2.05) is 6.92 Å². The first kappa shape index (κ1) is 15.5. The van der Waals surface area contributed by atoms with Gasteiger partial charge in [0.05, 0.1) is 27.3 Å². The topological polar surface area (TPSA) is 98.7 Å². The molecule has 0 spiro atoms. The van der Waals surface area contributed by atoms with Crippen LogP contribution in [0.25, 0.3) is 0 Å². The number of rotatable bonds is 2. The van der Waals surface area contributed by atoms with Gasteiger partial charge in [-0.15, -0.1) is 0 Å². The van der Waals surface area contributed by atoms with E-state index < -0.39 is 4.92 Å². The highest BCUT2D eigenvalue weighted by atomic mass is 35.5. The van der Waals surface area contributed by atoms with E-state index in [1.54, 1.807) is 4.90 Å². The van der Waals surface area contributed by atoms with E-state index >= 15 is 0 Å². The number of carbonyl (C=O) groups excluding carboxylic acids is 1. The number of halogens is 1. The zero-order chi connectivity index (χ0) is 15.6. The van der Waals surface area contributed by atoms with Crippen molar-refractivity contribution in [3.05, 3.63) is 32.8 Å². The average molecular weight is 314 g/mol. The molecule has 1 unspecified atom stereocenters. The zero-order valence-electron chi connectivity index (χ0n) is 11.5. The predicted octanol–water partition coefficient (Wildman–Crippen LogP) is 2.08. The smallest absolute Gasteiger partial charge is 0.271 e. The Bertz CT molecular complexity index is 579. The lowest BCUT2D eigenvalue weighted by Crippen LogP contribution is -2.36. The lowest BCUT2D eigenvalue weighted by Gasteiger charge is -2.23. The van der Waals surface area contributed by atoms with Crippen molar-refractivity contribution in [1.29, 1.82) is 0 Å². The molecule has 21 heavy (non-hydrogen) atoms. The molecule has 1 aliphatic rings. The Labute approximate surface area is 126 Å². The maximum absolute atomic E-state index is 12.6. The van der Waals surface area contributed by atoms with Crippen LogP contribution in [0.2, 0.25) is 5.02 Å². The van der Waals surface area contributed by atoms with E-state index in [2.05, 4.69) is 0 Å². The van der Waals surface area contributed by atoms with E-state index in [-0.39, 0.29) is 34.0 Å². The number of benzene rings is 1. The molecule has 2 rings (SSSR count). The van der Waals surface area contributed by atoms with Gasteiger partial charge in [0, 0.05) is 31.8 Å². The molecule has 1 atom stereocenters. The van der Waals surface area contributed by atoms with Crippen LogP contribution < -0.4 is 5.73 Å². The molecule has 1 amide bonds. The maximum atomic E-state index is 12.6. The number of amides is 1. The van der Waals surface area contributed by atoms with E-state index in [0.717, 1.165) is 6.07 Å². The van der Waals surface area contributed by atoms with Crippen LogP contribution in [0.15, 0.2) is 12.1 Å². The highest BCUT2D eigenvalue weighted by Crippen LogP contribution is 2.30. The molecule has 7 nitrogen and oxygen atoms in total. The van der Waals surface area contributed by atoms with Crippen LogP contribution in [-0.2, 0) is 4.74 Å². The summed E-state index contributed by atoms with van der Waals surface area (Å²) >= 11 is 5.88. The standard InChI is InChI=1S/C13H16ClN3O4/c1-8-7-16(3-2-4-21-8)13(18)10-5-9(17(19)20)6-11(14)12(10)15/h5-6,8H,2-4,7,15H2,1H3. The summed E-state index contributed by atoms with van der Waals surface area (Å²) < 4.78 is 5.48. The number of hydrogen-bond donors (Lipinski definition) is 1. The Morgan fingerprint density at radius 3 is 2.95 bits per heavy atom. The summed E-state index contributed by atoms with van der Waals surface area (Å²) in [6.07, 6.45) is 0.616. The van der Waals surface area contributed by atoms with Crippen molar-refractivity contribution in [1.82, 2.24) is 4.90 Å². The number of nitro benzene ring substituents is 1. The molecule has 1 aromatic carbocycles. The summed E-state index contributed by atoms with van der Waals surface area (Å²) in [5, 5.41) is 10.9. The number of carbonyl (C=O) groups is 1. The molecular formula is C13H16ClN3O4. The monoisotopic (exact) mass is 313 g/mol. The van der Waals surface area contributed by atoms with Gasteiger partial charge in [-0.2, -0.15) is 0 Å². The molecule has 1 saturated heterocycles. The Morgan fingerprint density at radius 1 is 1.57 bits per heavy atom. The van der Waals surface area contributed by atoms with Crippen LogP contribution >= 0.6 is 11.6 Å². The second-order valence-electron chi connectivity index (χ2n) is 4.93. The number of ether oxygens (including phenoxy) is 1. The second kappa shape index (κ2) is 6.28. The SMILES string of the molecule is CC1CN(C(=O)c2cc([N+](=O)[O-])cc(Cl)c2N)CCCO1. The third kappa shape index (κ3) is 3.43. The van der Waals surface area contributed by atoms with Gasteiger partial charge in [-0.3, -0.25) is 14.9 Å². The van der Waals surface area contributed by atoms with Crippen molar-refractivity contribution < 1.29 is 14.5 Å². The summed E-state index contributed by atoms with van der Waals surface area (Å²) in [6.45, 7) is 3.38. The van der Waals surface area contributed by atoms with Crippen molar-refractivity contribution >= 4 is 28.9 Å². The molecule has 0 aliphatic carbocycles. The highest BCUT2D eigenvalue weighted by molar-refractivity contribution is 6.34. The number of non-ortho nitro benzene ring substituents is 1. The zero-order valence-corrected chi connectivity index (χ0v) is 12.3. The number of nitro groups is 1. The Balaban J connectivity index is 2.35. The molecule has 1 fully saturated rings. The largest absolute Gasteiger partial charge is 0.397 e. The van der Waals surface area contributed by atoms with Crippen molar-refractivity contribution in [2.45, 2.75) is 19.4 Å². The lowest BCUT2D eigenvalue weighted by molar-refractivity contribution is -0.384. The van der Waals surface area contributed by atoms with E-state index in [1.165, 1.54) is 6.07 Å². The molecule has 0 aromatic heterocycles. The number of anilines is 1. The number of nitrogens with two attached hydrogens (primary N) is 1. The molecule has 1 aliphatic heterocycles. The Morgan fingerprint density at radius 2 is 2.29 bits per heavy atom. The fourth-order valence-corrected chi connectivity index (χ4v) is 2.45. The predicted molar refractivity (Wildman–Crippen MR) is 78.5 cm³/mol. The summed E-state index contributed by atoms with van der Waals surface area (Å²) in [4.78, 5) is 24.4. The fourth-order valence-electron chi connectivity index (χ4n) is 2.23. The maximum Gasteiger partial charge on any atom is 0.271 e. The third-order valence-corrected chi connectivity index (χ3v) is 3.61. The molecule has 1 aromatic rings. The summed E-state index contributed by atoms with van der Waals surface area (Å²) in [5.74, 6) is -0.365. The van der Waals surface area contributed by atoms with Gasteiger partial charge in [0.25, 0.3) is 11.6 Å². The van der Waals surface area contributed by atoms with Crippen molar-refractivity contribution in [2.75, 3.05) is 25.4 Å².